The van der Waals surface area contributed by atoms with Crippen LogP contribution in [0.5, 0.6) is 0 Å². The van der Waals surface area contributed by atoms with Crippen LogP contribution in [0, 0.1) is 10.1 Å². The molecule has 0 bridgehead atoms. The van der Waals surface area contributed by atoms with Gasteiger partial charge in [0.25, 0.3) is 11.2 Å². The summed E-state index contributed by atoms with van der Waals surface area (Å²) < 4.78 is 1.63. The summed E-state index contributed by atoms with van der Waals surface area (Å²) in [7, 11) is 0. The molecule has 3 aromatic carbocycles. The second-order valence-electron chi connectivity index (χ2n) is 7.67. The third-order valence-corrected chi connectivity index (χ3v) is 6.58. The number of benzene rings is 3. The Balaban J connectivity index is 1.76. The molecule has 0 aliphatic heterocycles. The van der Waals surface area contributed by atoms with Crippen molar-refractivity contribution in [2.45, 2.75) is 37.1 Å². The largest absolute Gasteiger partial charge is 0.269 e. The van der Waals surface area contributed by atoms with Crippen molar-refractivity contribution in [3.63, 3.8) is 0 Å². The first-order valence-electron chi connectivity index (χ1n) is 10.5. The van der Waals surface area contributed by atoms with E-state index >= 15 is 0 Å². The summed E-state index contributed by atoms with van der Waals surface area (Å²) in [6.07, 6.45) is 1.04. The zero-order valence-corrected chi connectivity index (χ0v) is 18.7. The van der Waals surface area contributed by atoms with Crippen LogP contribution in [0.1, 0.15) is 37.3 Å². The number of fused-ring (bicyclic) bond motifs is 1. The summed E-state index contributed by atoms with van der Waals surface area (Å²) in [5.41, 5.74) is 3.32. The molecule has 0 aliphatic carbocycles. The molecule has 0 saturated heterocycles. The van der Waals surface area contributed by atoms with Crippen LogP contribution < -0.4 is 5.56 Å². The molecule has 1 atom stereocenters. The van der Waals surface area contributed by atoms with Crippen molar-refractivity contribution in [1.29, 1.82) is 0 Å². The van der Waals surface area contributed by atoms with Gasteiger partial charge in [-0.1, -0.05) is 62.0 Å². The van der Waals surface area contributed by atoms with Gasteiger partial charge in [0.1, 0.15) is 0 Å². The number of hydrogen-bond donors (Lipinski definition) is 0. The van der Waals surface area contributed by atoms with Crippen molar-refractivity contribution in [1.82, 2.24) is 9.55 Å². The first-order chi connectivity index (χ1) is 15.5. The summed E-state index contributed by atoms with van der Waals surface area (Å²) in [5.74, 6) is 0.899. The van der Waals surface area contributed by atoms with Gasteiger partial charge in [0.2, 0.25) is 0 Å². The zero-order valence-electron chi connectivity index (χ0n) is 17.9. The maximum Gasteiger partial charge on any atom is 0.269 e. The van der Waals surface area contributed by atoms with E-state index in [4.69, 9.17) is 4.98 Å². The van der Waals surface area contributed by atoms with Crippen LogP contribution >= 0.6 is 11.8 Å². The summed E-state index contributed by atoms with van der Waals surface area (Å²) in [5, 5.41) is 12.2. The molecule has 1 heterocycles. The summed E-state index contributed by atoms with van der Waals surface area (Å²) in [4.78, 5) is 28.8. The Morgan fingerprint density at radius 2 is 1.81 bits per heavy atom. The van der Waals surface area contributed by atoms with E-state index in [-0.39, 0.29) is 11.2 Å². The minimum Gasteiger partial charge on any atom is -0.268 e. The normalized spacial score (nSPS) is 12.1. The summed E-state index contributed by atoms with van der Waals surface area (Å²) >= 11 is 1.39. The lowest BCUT2D eigenvalue weighted by Gasteiger charge is -2.15. The lowest BCUT2D eigenvalue weighted by molar-refractivity contribution is -0.384. The Bertz CT molecular complexity index is 1330. The highest BCUT2D eigenvalue weighted by Gasteiger charge is 2.15. The molecular formula is C25H23N3O3S. The molecule has 1 aromatic heterocycles. The number of aromatic nitrogens is 2. The second-order valence-corrected chi connectivity index (χ2v) is 8.61. The number of rotatable bonds is 7. The van der Waals surface area contributed by atoms with Gasteiger partial charge >= 0.3 is 0 Å². The van der Waals surface area contributed by atoms with Crippen LogP contribution in [-0.2, 0) is 5.75 Å². The Morgan fingerprint density at radius 1 is 1.06 bits per heavy atom. The fourth-order valence-electron chi connectivity index (χ4n) is 3.53. The molecule has 4 aromatic rings. The maximum atomic E-state index is 13.4. The first kappa shape index (κ1) is 21.8. The molecule has 7 heteroatoms. The number of thioether (sulfide) groups is 1. The maximum absolute atomic E-state index is 13.4. The minimum atomic E-state index is -0.406. The van der Waals surface area contributed by atoms with E-state index in [0.717, 1.165) is 17.7 Å². The molecule has 0 aliphatic rings. The van der Waals surface area contributed by atoms with E-state index in [0.29, 0.717) is 27.7 Å². The predicted molar refractivity (Wildman–Crippen MR) is 129 cm³/mol. The molecule has 1 unspecified atom stereocenters. The van der Waals surface area contributed by atoms with Gasteiger partial charge in [-0.3, -0.25) is 19.5 Å². The van der Waals surface area contributed by atoms with E-state index in [2.05, 4.69) is 26.0 Å². The predicted octanol–water partition coefficient (Wildman–Crippen LogP) is 6.10. The lowest BCUT2D eigenvalue weighted by Crippen LogP contribution is -2.21. The van der Waals surface area contributed by atoms with Gasteiger partial charge in [0.05, 0.1) is 21.5 Å². The van der Waals surface area contributed by atoms with Gasteiger partial charge in [-0.15, -0.1) is 0 Å². The zero-order chi connectivity index (χ0) is 22.7. The van der Waals surface area contributed by atoms with Crippen LogP contribution in [0.4, 0.5) is 5.69 Å². The quantitative estimate of drug-likeness (QED) is 0.149. The first-order valence-corrected chi connectivity index (χ1v) is 11.4. The number of para-hydroxylation sites is 1. The molecule has 0 fully saturated rings. The number of nitro groups is 1. The highest BCUT2D eigenvalue weighted by molar-refractivity contribution is 7.98. The van der Waals surface area contributed by atoms with Gasteiger partial charge in [0.15, 0.2) is 5.16 Å². The van der Waals surface area contributed by atoms with Crippen LogP contribution in [0.15, 0.2) is 82.7 Å². The monoisotopic (exact) mass is 445 g/mol. The smallest absolute Gasteiger partial charge is 0.268 e. The van der Waals surface area contributed by atoms with Gasteiger partial charge in [-0.2, -0.15) is 0 Å². The van der Waals surface area contributed by atoms with Crippen molar-refractivity contribution >= 4 is 28.4 Å². The molecule has 162 valence electrons. The number of nitro benzene ring substituents is 1. The summed E-state index contributed by atoms with van der Waals surface area (Å²) in [6, 6.07) is 21.8. The SMILES string of the molecule is CCC(C)c1ccc(-n2c(SCc3cccc([N+](=O)[O-])c3)nc3ccccc3c2=O)cc1. The molecule has 0 amide bonds. The van der Waals surface area contributed by atoms with Crippen molar-refractivity contribution in [3.8, 4) is 5.69 Å². The topological polar surface area (TPSA) is 78.0 Å². The van der Waals surface area contributed by atoms with Crippen molar-refractivity contribution in [3.05, 3.63) is 104 Å². The summed E-state index contributed by atoms with van der Waals surface area (Å²) in [6.45, 7) is 4.33. The molecule has 4 rings (SSSR count). The third kappa shape index (κ3) is 4.43. The molecular weight excluding hydrogens is 422 g/mol. The van der Waals surface area contributed by atoms with E-state index in [9.17, 15) is 14.9 Å². The average molecular weight is 446 g/mol. The van der Waals surface area contributed by atoms with Crippen LogP contribution in [0.3, 0.4) is 0 Å². The van der Waals surface area contributed by atoms with Crippen molar-refractivity contribution < 1.29 is 4.92 Å². The highest BCUT2D eigenvalue weighted by atomic mass is 32.2. The molecule has 0 N–H and O–H groups in total. The fourth-order valence-corrected chi connectivity index (χ4v) is 4.49. The van der Waals surface area contributed by atoms with E-state index in [1.54, 1.807) is 22.8 Å². The standard InChI is InChI=1S/C25H23N3O3S/c1-3-17(2)19-11-13-20(14-12-19)27-24(29)22-9-4-5-10-23(22)26-25(27)32-16-18-7-6-8-21(15-18)28(30)31/h4-15,17H,3,16H2,1-2H3. The Kier molecular flexibility index (Phi) is 6.37. The third-order valence-electron chi connectivity index (χ3n) is 5.57. The van der Waals surface area contributed by atoms with Crippen LogP contribution in [0.2, 0.25) is 0 Å². The molecule has 0 radical (unpaired) electrons. The Labute approximate surface area is 190 Å². The van der Waals surface area contributed by atoms with Gasteiger partial charge in [-0.05, 0) is 47.7 Å². The van der Waals surface area contributed by atoms with Crippen molar-refractivity contribution in [2.24, 2.45) is 0 Å². The Morgan fingerprint density at radius 3 is 2.53 bits per heavy atom. The number of hydrogen-bond acceptors (Lipinski definition) is 5. The molecule has 6 nitrogen and oxygen atoms in total. The highest BCUT2D eigenvalue weighted by Crippen LogP contribution is 2.27. The van der Waals surface area contributed by atoms with Gasteiger partial charge in [0, 0.05) is 17.9 Å². The minimum absolute atomic E-state index is 0.0487. The van der Waals surface area contributed by atoms with Gasteiger partial charge in [-0.25, -0.2) is 4.98 Å². The number of nitrogens with zero attached hydrogens (tertiary/aromatic N) is 3. The van der Waals surface area contributed by atoms with Crippen LogP contribution in [-0.4, -0.2) is 14.5 Å². The molecule has 0 saturated carbocycles. The fraction of sp³-hybridized carbons (Fsp3) is 0.200. The Hall–Kier alpha value is -3.45. The molecule has 0 spiro atoms. The molecule has 32 heavy (non-hydrogen) atoms. The van der Waals surface area contributed by atoms with Gasteiger partial charge < -0.3 is 0 Å². The van der Waals surface area contributed by atoms with Crippen LogP contribution in [0.25, 0.3) is 16.6 Å². The van der Waals surface area contributed by atoms with E-state index in [1.165, 1.54) is 23.4 Å². The second kappa shape index (κ2) is 9.36. The average Bonchev–Trinajstić information content (AvgIpc) is 2.82. The van der Waals surface area contributed by atoms with E-state index in [1.807, 2.05) is 36.4 Å². The van der Waals surface area contributed by atoms with Crippen molar-refractivity contribution in [2.75, 3.05) is 0 Å². The number of non-ortho nitro benzene ring substituents is 1. The lowest BCUT2D eigenvalue weighted by atomic mass is 9.98. The van der Waals surface area contributed by atoms with E-state index < -0.39 is 4.92 Å².